The van der Waals surface area contributed by atoms with Crippen LogP contribution in [0.1, 0.15) is 105 Å². The van der Waals surface area contributed by atoms with Crippen LogP contribution in [0.2, 0.25) is 0 Å². The number of carboxylic acid groups (broad SMARTS) is 1. The molecule has 0 bridgehead atoms. The Balaban J connectivity index is 1.65. The third-order valence-corrected chi connectivity index (χ3v) is 11.5. The summed E-state index contributed by atoms with van der Waals surface area (Å²) in [6.45, 7) is 18.8. The standard InChI is InChI=1S/C51H82N12O11/c1-49(2,3)72-41(66)33-60-24-22-59(23-25-61(34-42(67)73-50(4,5)6)27-29-62(28-26-60)35-43(68)74-51(7,8)9)32-39(64)44(45(47(70)71)57-40(65)14-11-10-12-17-52)58-46(69)36-15-16-38-37(30-36)31-56-63(38)21-13-18-53-48-54-19-20-55-48/h15-16,19-20,30-31,44-45H,10-14,17-18,21-29,32-35,52H2,1-9H3,(H,57,65)(H,58,69)(H,70,71)(H2,53,54,55). The van der Waals surface area contributed by atoms with Gasteiger partial charge in [0.1, 0.15) is 22.8 Å². The molecule has 74 heavy (non-hydrogen) atoms. The molecule has 2 amide bonds. The van der Waals surface area contributed by atoms with Crippen molar-refractivity contribution in [3.8, 4) is 0 Å². The molecule has 0 radical (unpaired) electrons. The molecule has 4 rings (SSSR count). The van der Waals surface area contributed by atoms with Crippen LogP contribution in [-0.2, 0) is 49.5 Å². The smallest absolute Gasteiger partial charge is 0.328 e. The van der Waals surface area contributed by atoms with E-state index in [-0.39, 0.29) is 57.8 Å². The maximum atomic E-state index is 14.8. The highest BCUT2D eigenvalue weighted by Gasteiger charge is 2.37. The molecule has 23 heteroatoms. The Bertz CT molecular complexity index is 2260. The molecule has 2 atom stereocenters. The van der Waals surface area contributed by atoms with Crippen molar-refractivity contribution in [1.82, 2.24) is 50.0 Å². The summed E-state index contributed by atoms with van der Waals surface area (Å²) in [5.41, 5.74) is 4.26. The fourth-order valence-corrected chi connectivity index (χ4v) is 8.12. The van der Waals surface area contributed by atoms with Crippen LogP contribution in [0.4, 0.5) is 5.95 Å². The summed E-state index contributed by atoms with van der Waals surface area (Å²) >= 11 is 0. The summed E-state index contributed by atoms with van der Waals surface area (Å²) in [6, 6.07) is 1.29. The van der Waals surface area contributed by atoms with E-state index in [1.807, 2.05) is 14.7 Å². The number of fused-ring (bicyclic) bond motifs is 1. The number of nitrogens with two attached hydrogens (primary N) is 1. The van der Waals surface area contributed by atoms with Crippen LogP contribution in [0.15, 0.2) is 36.8 Å². The number of hydrogen-bond donors (Lipinski definition) is 6. The average Bonchev–Trinajstić information content (AvgIpc) is 3.96. The van der Waals surface area contributed by atoms with Crippen LogP contribution in [0.25, 0.3) is 10.9 Å². The first-order valence-corrected chi connectivity index (χ1v) is 25.6. The van der Waals surface area contributed by atoms with Gasteiger partial charge < -0.3 is 46.0 Å². The Morgan fingerprint density at radius 2 is 1.20 bits per heavy atom. The van der Waals surface area contributed by atoms with Gasteiger partial charge in [-0.1, -0.05) is 6.42 Å². The highest BCUT2D eigenvalue weighted by Crippen LogP contribution is 2.18. The van der Waals surface area contributed by atoms with Crippen LogP contribution in [0.3, 0.4) is 0 Å². The van der Waals surface area contributed by atoms with Crippen molar-refractivity contribution in [2.45, 2.75) is 130 Å². The molecule has 1 fully saturated rings. The lowest BCUT2D eigenvalue weighted by molar-refractivity contribution is -0.158. The molecule has 3 heterocycles. The number of H-pyrrole nitrogens is 1. The molecular weight excluding hydrogens is 957 g/mol. The van der Waals surface area contributed by atoms with E-state index in [1.54, 1.807) is 109 Å². The number of nitrogens with zero attached hydrogens (tertiary/aromatic N) is 7. The molecule has 2 unspecified atom stereocenters. The van der Waals surface area contributed by atoms with E-state index in [4.69, 9.17) is 19.9 Å². The zero-order chi connectivity index (χ0) is 54.6. The third-order valence-electron chi connectivity index (χ3n) is 11.5. The van der Waals surface area contributed by atoms with E-state index in [2.05, 4.69) is 31.0 Å². The van der Waals surface area contributed by atoms with E-state index < -0.39 is 76.9 Å². The van der Waals surface area contributed by atoms with E-state index in [0.29, 0.717) is 82.8 Å². The predicted octanol–water partition coefficient (Wildman–Crippen LogP) is 2.26. The van der Waals surface area contributed by atoms with Crippen molar-refractivity contribution in [2.75, 3.05) is 96.9 Å². The second kappa shape index (κ2) is 28.6. The number of anilines is 1. The molecule has 1 aliphatic heterocycles. The molecule has 2 aromatic heterocycles. The van der Waals surface area contributed by atoms with Crippen LogP contribution in [0.5, 0.6) is 0 Å². The first-order chi connectivity index (χ1) is 34.8. The molecule has 23 nitrogen and oxygen atoms in total. The second-order valence-electron chi connectivity index (χ2n) is 21.6. The van der Waals surface area contributed by atoms with Crippen molar-refractivity contribution in [1.29, 1.82) is 0 Å². The maximum Gasteiger partial charge on any atom is 0.328 e. The van der Waals surface area contributed by atoms with Crippen molar-refractivity contribution in [3.05, 3.63) is 42.4 Å². The van der Waals surface area contributed by atoms with E-state index >= 15 is 0 Å². The minimum Gasteiger partial charge on any atom is -0.480 e. The number of hydrogen-bond acceptors (Lipinski definition) is 18. The number of ether oxygens (including phenoxy) is 3. The highest BCUT2D eigenvalue weighted by atomic mass is 16.6. The molecular formula is C51H82N12O11. The van der Waals surface area contributed by atoms with Gasteiger partial charge in [0.25, 0.3) is 5.91 Å². The number of carbonyl (C=O) groups excluding carboxylic acids is 6. The zero-order valence-electron chi connectivity index (χ0n) is 45.0. The van der Waals surface area contributed by atoms with Gasteiger partial charge in [0.2, 0.25) is 5.91 Å². The van der Waals surface area contributed by atoms with Gasteiger partial charge in [0.15, 0.2) is 17.8 Å². The normalized spacial score (nSPS) is 16.0. The lowest BCUT2D eigenvalue weighted by Crippen LogP contribution is -2.61. The van der Waals surface area contributed by atoms with Gasteiger partial charge in [-0.3, -0.25) is 53.0 Å². The first-order valence-electron chi connectivity index (χ1n) is 25.6. The molecule has 0 saturated carbocycles. The number of imidazole rings is 1. The number of nitrogens with one attached hydrogen (secondary N) is 4. The van der Waals surface area contributed by atoms with Gasteiger partial charge in [-0.05, 0) is 106 Å². The Morgan fingerprint density at radius 1 is 0.689 bits per heavy atom. The molecule has 412 valence electrons. The molecule has 0 spiro atoms. The number of aliphatic carboxylic acids is 1. The summed E-state index contributed by atoms with van der Waals surface area (Å²) in [7, 11) is 0. The summed E-state index contributed by atoms with van der Waals surface area (Å²) in [5, 5.41) is 24.2. The van der Waals surface area contributed by atoms with Crippen molar-refractivity contribution in [3.63, 3.8) is 0 Å². The Hall–Kier alpha value is -6.01. The number of unbranched alkanes of at least 4 members (excludes halogenated alkanes) is 2. The first kappa shape index (κ1) is 60.5. The van der Waals surface area contributed by atoms with E-state index in [0.717, 1.165) is 5.52 Å². The number of aromatic amines is 1. The van der Waals surface area contributed by atoms with Crippen molar-refractivity contribution < 1.29 is 52.9 Å². The molecule has 1 saturated heterocycles. The molecule has 1 aliphatic rings. The number of rotatable bonds is 24. The van der Waals surface area contributed by atoms with Crippen LogP contribution in [0, 0.1) is 0 Å². The quantitative estimate of drug-likeness (QED) is 0.0426. The molecule has 3 aromatic rings. The Morgan fingerprint density at radius 3 is 1.66 bits per heavy atom. The fourth-order valence-electron chi connectivity index (χ4n) is 8.12. The van der Waals surface area contributed by atoms with Crippen LogP contribution in [-0.4, -0.2) is 206 Å². The Labute approximate surface area is 434 Å². The summed E-state index contributed by atoms with van der Waals surface area (Å²) < 4.78 is 18.8. The van der Waals surface area contributed by atoms with E-state index in [9.17, 15) is 38.7 Å². The largest absolute Gasteiger partial charge is 0.480 e. The van der Waals surface area contributed by atoms with Gasteiger partial charge in [0, 0.05) is 95.2 Å². The lowest BCUT2D eigenvalue weighted by Gasteiger charge is -2.35. The number of Topliss-reactive ketones (excluding diaryl/α,β-unsaturated/α-hetero) is 1. The molecule has 7 N–H and O–H groups in total. The van der Waals surface area contributed by atoms with Crippen LogP contribution >= 0.6 is 0 Å². The summed E-state index contributed by atoms with van der Waals surface area (Å²) in [4.78, 5) is 110. The predicted molar refractivity (Wildman–Crippen MR) is 278 cm³/mol. The van der Waals surface area contributed by atoms with Crippen molar-refractivity contribution >= 4 is 58.3 Å². The van der Waals surface area contributed by atoms with Gasteiger partial charge in [-0.15, -0.1) is 0 Å². The van der Waals surface area contributed by atoms with Gasteiger partial charge in [-0.2, -0.15) is 5.10 Å². The average molecular weight is 1040 g/mol. The molecule has 1 aromatic carbocycles. The van der Waals surface area contributed by atoms with Gasteiger partial charge in [0.05, 0.1) is 37.9 Å². The third kappa shape index (κ3) is 22.6. The number of carbonyl (C=O) groups is 7. The number of ketones is 1. The van der Waals surface area contributed by atoms with Gasteiger partial charge >= 0.3 is 23.9 Å². The highest BCUT2D eigenvalue weighted by molar-refractivity contribution is 6.03. The van der Waals surface area contributed by atoms with Gasteiger partial charge in [-0.25, -0.2) is 9.78 Å². The number of aromatic nitrogens is 4. The Kier molecular flexibility index (Phi) is 23.4. The van der Waals surface area contributed by atoms with E-state index in [1.165, 1.54) is 0 Å². The number of esters is 3. The number of aryl methyl sites for hydroxylation is 1. The second-order valence-corrected chi connectivity index (χ2v) is 21.6. The zero-order valence-corrected chi connectivity index (χ0v) is 45.0. The minimum absolute atomic E-state index is 0.0273. The SMILES string of the molecule is CC(C)(C)OC(=O)CN1CCN(CC(=O)OC(C)(C)C)CCN(CC(=O)C(NC(=O)c2ccc3c(cnn3CCCNc3ncc[nH]3)c2)C(NC(=O)CCCCCN)C(=O)O)CCN(CC(=O)OC(C)(C)C)CC1. The fraction of sp³-hybridized carbons (Fsp3) is 0.667. The topological polar surface area (TPSA) is 289 Å². The maximum absolute atomic E-state index is 14.8. The van der Waals surface area contributed by atoms with Crippen LogP contribution < -0.4 is 21.7 Å². The minimum atomic E-state index is -1.86. The number of amides is 2. The number of carboxylic acids is 1. The van der Waals surface area contributed by atoms with Crippen molar-refractivity contribution in [2.24, 2.45) is 5.73 Å². The summed E-state index contributed by atoms with van der Waals surface area (Å²) in [6.07, 6.45) is 7.42. The molecule has 0 aliphatic carbocycles. The monoisotopic (exact) mass is 1040 g/mol. The summed E-state index contributed by atoms with van der Waals surface area (Å²) in [5.74, 6) is -4.35. The number of benzene rings is 1. The lowest BCUT2D eigenvalue weighted by atomic mass is 10.0.